The molecule has 0 saturated heterocycles. The van der Waals surface area contributed by atoms with E-state index in [9.17, 15) is 4.79 Å². The van der Waals surface area contributed by atoms with Gasteiger partial charge in [0.05, 0.1) is 5.33 Å². The third kappa shape index (κ3) is 4.02. The summed E-state index contributed by atoms with van der Waals surface area (Å²) in [5.74, 6) is -0.0185. The Balaban J connectivity index is 3.37. The second-order valence-electron chi connectivity index (χ2n) is 0.893. The summed E-state index contributed by atoms with van der Waals surface area (Å²) in [7, 11) is 0. The maximum Gasteiger partial charge on any atom is 0.167 e. The Morgan fingerprint density at radius 2 is 2.43 bits per heavy atom. The average Bonchev–Trinajstić information content (AvgIpc) is 1.68. The van der Waals surface area contributed by atoms with E-state index in [1.165, 1.54) is 11.6 Å². The van der Waals surface area contributed by atoms with Crippen LogP contribution in [0.4, 0.5) is 0 Å². The minimum absolute atomic E-state index is 0.0185. The summed E-state index contributed by atoms with van der Waals surface area (Å²) in [6, 6.07) is 0. The van der Waals surface area contributed by atoms with E-state index in [-0.39, 0.29) is 5.78 Å². The zero-order valence-corrected chi connectivity index (χ0v) is 5.87. The van der Waals surface area contributed by atoms with E-state index in [1.54, 1.807) is 0 Å². The molecule has 0 bridgehead atoms. The fraction of sp³-hybridized carbons (Fsp3) is 0.250. The van der Waals surface area contributed by atoms with Gasteiger partial charge in [-0.1, -0.05) is 27.5 Å². The average molecular weight is 183 g/mol. The van der Waals surface area contributed by atoms with Crippen molar-refractivity contribution in [1.82, 2.24) is 0 Å². The van der Waals surface area contributed by atoms with Gasteiger partial charge >= 0.3 is 0 Å². The molecule has 0 radical (unpaired) electrons. The van der Waals surface area contributed by atoms with Crippen LogP contribution in [0.25, 0.3) is 0 Å². The highest BCUT2D eigenvalue weighted by Gasteiger charge is 1.86. The number of rotatable bonds is 2. The van der Waals surface area contributed by atoms with Gasteiger partial charge in [-0.05, 0) is 6.08 Å². The summed E-state index contributed by atoms with van der Waals surface area (Å²) >= 11 is 8.01. The van der Waals surface area contributed by atoms with Crippen molar-refractivity contribution in [3.8, 4) is 0 Å². The predicted molar refractivity (Wildman–Crippen MR) is 33.8 cm³/mol. The van der Waals surface area contributed by atoms with Crippen molar-refractivity contribution in [2.24, 2.45) is 0 Å². The Hall–Kier alpha value is 0.180. The molecule has 0 aliphatic rings. The quantitative estimate of drug-likeness (QED) is 0.470. The summed E-state index contributed by atoms with van der Waals surface area (Å²) in [4.78, 5) is 10.2. The van der Waals surface area contributed by atoms with E-state index in [2.05, 4.69) is 15.9 Å². The van der Waals surface area contributed by atoms with Gasteiger partial charge in [0.2, 0.25) is 0 Å². The Bertz CT molecular complexity index is 89.7. The molecule has 0 atom stereocenters. The molecule has 40 valence electrons. The highest BCUT2D eigenvalue weighted by atomic mass is 79.9. The van der Waals surface area contributed by atoms with Gasteiger partial charge in [-0.15, -0.1) is 0 Å². The van der Waals surface area contributed by atoms with Gasteiger partial charge in [0.15, 0.2) is 5.78 Å². The minimum Gasteiger partial charge on any atom is -0.294 e. The van der Waals surface area contributed by atoms with Crippen LogP contribution in [0, 0.1) is 0 Å². The normalized spacial score (nSPS) is 10.0. The largest absolute Gasteiger partial charge is 0.294 e. The number of hydrogen-bond donors (Lipinski definition) is 0. The van der Waals surface area contributed by atoms with Crippen LogP contribution in [-0.2, 0) is 4.79 Å². The predicted octanol–water partition coefficient (Wildman–Crippen LogP) is 1.70. The molecule has 0 aliphatic carbocycles. The first-order valence-corrected chi connectivity index (χ1v) is 3.22. The highest BCUT2D eigenvalue weighted by Crippen LogP contribution is 1.85. The van der Waals surface area contributed by atoms with Gasteiger partial charge in [-0.3, -0.25) is 4.79 Å². The first-order valence-electron chi connectivity index (χ1n) is 1.67. The van der Waals surface area contributed by atoms with E-state index in [1.807, 2.05) is 0 Å². The van der Waals surface area contributed by atoms with Crippen molar-refractivity contribution in [1.29, 1.82) is 0 Å². The molecule has 0 heterocycles. The smallest absolute Gasteiger partial charge is 0.167 e. The molecule has 0 amide bonds. The lowest BCUT2D eigenvalue weighted by Gasteiger charge is -1.75. The van der Waals surface area contributed by atoms with Crippen LogP contribution in [0.15, 0.2) is 11.6 Å². The molecule has 7 heavy (non-hydrogen) atoms. The van der Waals surface area contributed by atoms with E-state index >= 15 is 0 Å². The Labute approximate surface area is 55.5 Å². The van der Waals surface area contributed by atoms with Gasteiger partial charge in [0.25, 0.3) is 0 Å². The van der Waals surface area contributed by atoms with Crippen LogP contribution in [0.1, 0.15) is 0 Å². The lowest BCUT2D eigenvalue weighted by molar-refractivity contribution is -0.112. The number of allylic oxidation sites excluding steroid dienone is 1. The van der Waals surface area contributed by atoms with Gasteiger partial charge in [0, 0.05) is 5.54 Å². The Morgan fingerprint density at radius 3 is 2.57 bits per heavy atom. The summed E-state index contributed by atoms with van der Waals surface area (Å²) in [6.07, 6.45) is 1.30. The van der Waals surface area contributed by atoms with Gasteiger partial charge in [0.1, 0.15) is 0 Å². The fourth-order valence-electron chi connectivity index (χ4n) is 0.115. The molecule has 0 aromatic heterocycles. The van der Waals surface area contributed by atoms with Crippen LogP contribution < -0.4 is 0 Å². The van der Waals surface area contributed by atoms with E-state index in [4.69, 9.17) is 11.6 Å². The highest BCUT2D eigenvalue weighted by molar-refractivity contribution is 9.09. The van der Waals surface area contributed by atoms with Crippen molar-refractivity contribution in [3.63, 3.8) is 0 Å². The standard InChI is InChI=1S/C4H4BrClO/c5-3-4(7)1-2-6/h1-2H,3H2/b2-1+. The van der Waals surface area contributed by atoms with Gasteiger partial charge in [-0.2, -0.15) is 0 Å². The fourth-order valence-corrected chi connectivity index (χ4v) is 0.442. The maximum absolute atomic E-state index is 10.2. The van der Waals surface area contributed by atoms with E-state index < -0.39 is 0 Å². The number of ketones is 1. The SMILES string of the molecule is O=C(/C=C/Cl)CBr. The number of carbonyl (C=O) groups is 1. The molecule has 3 heteroatoms. The third-order valence-electron chi connectivity index (χ3n) is 0.381. The molecular weight excluding hydrogens is 179 g/mol. The lowest BCUT2D eigenvalue weighted by Crippen LogP contribution is -1.89. The Kier molecular flexibility index (Phi) is 4.45. The van der Waals surface area contributed by atoms with Crippen molar-refractivity contribution in [2.45, 2.75) is 0 Å². The third-order valence-corrected chi connectivity index (χ3v) is 1.06. The van der Waals surface area contributed by atoms with Crippen LogP contribution in [0.2, 0.25) is 0 Å². The van der Waals surface area contributed by atoms with Crippen LogP contribution in [0.5, 0.6) is 0 Å². The number of hydrogen-bond acceptors (Lipinski definition) is 1. The molecule has 0 rings (SSSR count). The van der Waals surface area contributed by atoms with E-state index in [0.717, 1.165) is 0 Å². The summed E-state index contributed by atoms with van der Waals surface area (Å²) in [6.45, 7) is 0. The first kappa shape index (κ1) is 7.18. The monoisotopic (exact) mass is 182 g/mol. The summed E-state index contributed by atoms with van der Waals surface area (Å²) in [5, 5.41) is 0.343. The first-order chi connectivity index (χ1) is 3.31. The molecule has 0 N–H and O–H groups in total. The van der Waals surface area contributed by atoms with Gasteiger partial charge in [-0.25, -0.2) is 0 Å². The van der Waals surface area contributed by atoms with Crippen molar-refractivity contribution >= 4 is 33.3 Å². The lowest BCUT2D eigenvalue weighted by atomic mass is 10.5. The van der Waals surface area contributed by atoms with Gasteiger partial charge < -0.3 is 0 Å². The molecule has 0 aromatic carbocycles. The second kappa shape index (κ2) is 4.34. The second-order valence-corrected chi connectivity index (χ2v) is 1.71. The maximum atomic E-state index is 10.2. The zero-order chi connectivity index (χ0) is 5.70. The van der Waals surface area contributed by atoms with Crippen LogP contribution in [-0.4, -0.2) is 11.1 Å². The number of alkyl halides is 1. The molecule has 0 spiro atoms. The summed E-state index contributed by atoms with van der Waals surface area (Å²) < 4.78 is 0. The number of carbonyl (C=O) groups excluding carboxylic acids is 1. The van der Waals surface area contributed by atoms with Crippen molar-refractivity contribution in [2.75, 3.05) is 5.33 Å². The molecule has 0 saturated carbocycles. The van der Waals surface area contributed by atoms with Crippen LogP contribution in [0.3, 0.4) is 0 Å². The summed E-state index contributed by atoms with van der Waals surface area (Å²) in [5.41, 5.74) is 1.20. The molecule has 0 aliphatic heterocycles. The van der Waals surface area contributed by atoms with Crippen molar-refractivity contribution in [3.05, 3.63) is 11.6 Å². The number of halogens is 2. The minimum atomic E-state index is -0.0185. The van der Waals surface area contributed by atoms with E-state index in [0.29, 0.717) is 5.33 Å². The molecule has 0 fully saturated rings. The topological polar surface area (TPSA) is 17.1 Å². The molecule has 0 aromatic rings. The molecule has 1 nitrogen and oxygen atoms in total. The Morgan fingerprint density at radius 1 is 1.86 bits per heavy atom. The molecule has 0 unspecified atom stereocenters. The zero-order valence-electron chi connectivity index (χ0n) is 3.53. The van der Waals surface area contributed by atoms with Crippen LogP contribution >= 0.6 is 27.5 Å². The molecular formula is C4H4BrClO. The van der Waals surface area contributed by atoms with Crippen molar-refractivity contribution < 1.29 is 4.79 Å².